The van der Waals surface area contributed by atoms with Gasteiger partial charge in [-0.05, 0) is 25.0 Å². The molecule has 0 saturated carbocycles. The molecule has 0 heterocycles. The first-order chi connectivity index (χ1) is 10.9. The Balaban J connectivity index is 1.74. The molecule has 22 heavy (non-hydrogen) atoms. The van der Waals surface area contributed by atoms with Gasteiger partial charge in [0, 0.05) is 0 Å². The molecule has 1 aromatic carbocycles. The average molecular weight is 307 g/mol. The Morgan fingerprint density at radius 3 is 1.91 bits per heavy atom. The molecule has 0 bridgehead atoms. The molecule has 4 heteroatoms. The number of unbranched alkanes of at least 4 members (excludes halogenated alkanes) is 8. The van der Waals surface area contributed by atoms with E-state index in [0.717, 1.165) is 25.2 Å². The highest BCUT2D eigenvalue weighted by atomic mass is 16.6. The van der Waals surface area contributed by atoms with Crippen molar-refractivity contribution in [3.8, 4) is 5.75 Å². The van der Waals surface area contributed by atoms with Gasteiger partial charge < -0.3 is 4.74 Å². The molecule has 0 spiro atoms. The van der Waals surface area contributed by atoms with Gasteiger partial charge in [0.15, 0.2) is 0 Å². The third kappa shape index (κ3) is 11.1. The summed E-state index contributed by atoms with van der Waals surface area (Å²) in [4.78, 5) is 14.8. The van der Waals surface area contributed by atoms with E-state index in [4.69, 9.17) is 9.57 Å². The highest BCUT2D eigenvalue weighted by molar-refractivity contribution is 5.43. The van der Waals surface area contributed by atoms with Crippen molar-refractivity contribution in [2.45, 2.75) is 57.8 Å². The van der Waals surface area contributed by atoms with Gasteiger partial charge in [-0.3, -0.25) is 9.63 Å². The number of hydroxylamine groups is 1. The third-order valence-corrected chi connectivity index (χ3v) is 3.53. The van der Waals surface area contributed by atoms with Crippen LogP contribution in [0, 0.1) is 0 Å². The highest BCUT2D eigenvalue weighted by Crippen LogP contribution is 2.11. The summed E-state index contributed by atoms with van der Waals surface area (Å²) in [5.74, 6) is 0.967. The van der Waals surface area contributed by atoms with Crippen molar-refractivity contribution in [3.63, 3.8) is 0 Å². The van der Waals surface area contributed by atoms with Crippen LogP contribution in [0.25, 0.3) is 0 Å². The van der Waals surface area contributed by atoms with Crippen molar-refractivity contribution in [3.05, 3.63) is 30.3 Å². The summed E-state index contributed by atoms with van der Waals surface area (Å²) in [5, 5.41) is 0. The molecule has 0 saturated heterocycles. The van der Waals surface area contributed by atoms with Crippen molar-refractivity contribution < 1.29 is 14.4 Å². The van der Waals surface area contributed by atoms with Crippen LogP contribution in [-0.4, -0.2) is 19.6 Å². The lowest BCUT2D eigenvalue weighted by atomic mass is 10.1. The maximum Gasteiger partial charge on any atom is 0.230 e. The zero-order chi connectivity index (χ0) is 15.7. The van der Waals surface area contributed by atoms with E-state index in [1.165, 1.54) is 44.9 Å². The number of hydrogen-bond donors (Lipinski definition) is 1. The van der Waals surface area contributed by atoms with Crippen molar-refractivity contribution >= 4 is 6.41 Å². The monoisotopic (exact) mass is 307 g/mol. The molecule has 0 radical (unpaired) electrons. The normalized spacial score (nSPS) is 10.4. The van der Waals surface area contributed by atoms with Gasteiger partial charge in [0.2, 0.25) is 6.41 Å². The number of carbonyl (C=O) groups is 1. The Morgan fingerprint density at radius 1 is 0.773 bits per heavy atom. The quantitative estimate of drug-likeness (QED) is 0.299. The molecule has 0 unspecified atom stereocenters. The van der Waals surface area contributed by atoms with Crippen molar-refractivity contribution in [2.75, 3.05) is 13.2 Å². The summed E-state index contributed by atoms with van der Waals surface area (Å²) < 4.78 is 5.67. The summed E-state index contributed by atoms with van der Waals surface area (Å²) in [7, 11) is 0. The number of benzene rings is 1. The maximum atomic E-state index is 9.93. The van der Waals surface area contributed by atoms with Crippen LogP contribution in [0.4, 0.5) is 0 Å². The molecule has 0 atom stereocenters. The van der Waals surface area contributed by atoms with Crippen LogP contribution in [0.15, 0.2) is 30.3 Å². The molecule has 0 aromatic heterocycles. The molecule has 0 aliphatic heterocycles. The number of carbonyl (C=O) groups excluding carboxylic acids is 1. The van der Waals surface area contributed by atoms with Crippen LogP contribution >= 0.6 is 0 Å². The van der Waals surface area contributed by atoms with E-state index >= 15 is 0 Å². The van der Waals surface area contributed by atoms with Gasteiger partial charge in [-0.2, -0.15) is 0 Å². The Hall–Kier alpha value is -1.55. The molecular formula is C18H29NO3. The Morgan fingerprint density at radius 2 is 1.32 bits per heavy atom. The lowest BCUT2D eigenvalue weighted by Crippen LogP contribution is -2.12. The van der Waals surface area contributed by atoms with Crippen LogP contribution in [0.1, 0.15) is 57.8 Å². The molecule has 124 valence electrons. The minimum absolute atomic E-state index is 0.560. The van der Waals surface area contributed by atoms with E-state index in [0.29, 0.717) is 13.0 Å². The van der Waals surface area contributed by atoms with E-state index < -0.39 is 0 Å². The molecule has 1 aromatic rings. The SMILES string of the molecule is O=CNOCCCCCCCCCCCOc1ccccc1. The second-order valence-corrected chi connectivity index (χ2v) is 5.43. The number of ether oxygens (including phenoxy) is 1. The van der Waals surface area contributed by atoms with Gasteiger partial charge in [0.05, 0.1) is 13.2 Å². The number of para-hydroxylation sites is 1. The minimum Gasteiger partial charge on any atom is -0.494 e. The fourth-order valence-electron chi connectivity index (χ4n) is 2.31. The first-order valence-corrected chi connectivity index (χ1v) is 8.42. The van der Waals surface area contributed by atoms with E-state index in [2.05, 4.69) is 5.48 Å². The molecular weight excluding hydrogens is 278 g/mol. The second kappa shape index (κ2) is 14.4. The smallest absolute Gasteiger partial charge is 0.230 e. The summed E-state index contributed by atoms with van der Waals surface area (Å²) in [5.41, 5.74) is 2.20. The fraction of sp³-hybridized carbons (Fsp3) is 0.611. The Kier molecular flexibility index (Phi) is 12.1. The Labute approximate surface area is 134 Å². The number of amides is 1. The summed E-state index contributed by atoms with van der Waals surface area (Å²) >= 11 is 0. The summed E-state index contributed by atoms with van der Waals surface area (Å²) in [6.45, 7) is 1.43. The summed E-state index contributed by atoms with van der Waals surface area (Å²) in [6.07, 6.45) is 11.6. The zero-order valence-electron chi connectivity index (χ0n) is 13.5. The number of rotatable bonds is 15. The van der Waals surface area contributed by atoms with Gasteiger partial charge in [-0.25, -0.2) is 5.48 Å². The average Bonchev–Trinajstić information content (AvgIpc) is 2.56. The number of hydrogen-bond acceptors (Lipinski definition) is 3. The third-order valence-electron chi connectivity index (χ3n) is 3.53. The summed E-state index contributed by atoms with van der Waals surface area (Å²) in [6, 6.07) is 10.0. The van der Waals surface area contributed by atoms with Crippen molar-refractivity contribution in [2.24, 2.45) is 0 Å². The van der Waals surface area contributed by atoms with E-state index in [1.54, 1.807) is 0 Å². The van der Waals surface area contributed by atoms with Gasteiger partial charge >= 0.3 is 0 Å². The standard InChI is InChI=1S/C18H29NO3/c20-17-19-22-16-12-7-5-3-1-2-4-6-11-15-21-18-13-9-8-10-14-18/h8-10,13-14,17H,1-7,11-12,15-16H2,(H,19,20). The first-order valence-electron chi connectivity index (χ1n) is 8.42. The van der Waals surface area contributed by atoms with Crippen molar-refractivity contribution in [1.29, 1.82) is 0 Å². The van der Waals surface area contributed by atoms with Crippen LogP contribution < -0.4 is 10.2 Å². The lowest BCUT2D eigenvalue weighted by Gasteiger charge is -2.06. The zero-order valence-corrected chi connectivity index (χ0v) is 13.5. The van der Waals surface area contributed by atoms with Crippen molar-refractivity contribution in [1.82, 2.24) is 5.48 Å². The molecule has 0 aliphatic rings. The highest BCUT2D eigenvalue weighted by Gasteiger charge is 1.95. The predicted molar refractivity (Wildman–Crippen MR) is 88.6 cm³/mol. The molecule has 0 fully saturated rings. The molecule has 4 nitrogen and oxygen atoms in total. The van der Waals surface area contributed by atoms with Crippen LogP contribution in [-0.2, 0) is 9.63 Å². The lowest BCUT2D eigenvalue weighted by molar-refractivity contribution is -0.120. The van der Waals surface area contributed by atoms with E-state index in [9.17, 15) is 4.79 Å². The molecule has 1 amide bonds. The van der Waals surface area contributed by atoms with Crippen LogP contribution in [0.2, 0.25) is 0 Å². The molecule has 0 aliphatic carbocycles. The van der Waals surface area contributed by atoms with Gasteiger partial charge in [-0.15, -0.1) is 0 Å². The fourth-order valence-corrected chi connectivity index (χ4v) is 2.31. The van der Waals surface area contributed by atoms with Crippen LogP contribution in [0.3, 0.4) is 0 Å². The van der Waals surface area contributed by atoms with E-state index in [-0.39, 0.29) is 0 Å². The second-order valence-electron chi connectivity index (χ2n) is 5.43. The van der Waals surface area contributed by atoms with Gasteiger partial charge in [-0.1, -0.05) is 63.1 Å². The Bertz CT molecular complexity index is 357. The molecule has 1 rings (SSSR count). The van der Waals surface area contributed by atoms with Gasteiger partial charge in [0.25, 0.3) is 0 Å². The maximum absolute atomic E-state index is 9.93. The van der Waals surface area contributed by atoms with E-state index in [1.807, 2.05) is 30.3 Å². The molecule has 1 N–H and O–H groups in total. The predicted octanol–water partition coefficient (Wildman–Crippen LogP) is 4.25. The largest absolute Gasteiger partial charge is 0.494 e. The first kappa shape index (κ1) is 18.5. The van der Waals surface area contributed by atoms with Gasteiger partial charge in [0.1, 0.15) is 5.75 Å². The van der Waals surface area contributed by atoms with Crippen LogP contribution in [0.5, 0.6) is 5.75 Å². The topological polar surface area (TPSA) is 47.6 Å². The number of nitrogens with one attached hydrogen (secondary N) is 1. The minimum atomic E-state index is 0.560.